The summed E-state index contributed by atoms with van der Waals surface area (Å²) in [6, 6.07) is 4.84. The van der Waals surface area contributed by atoms with Crippen molar-refractivity contribution in [3.63, 3.8) is 0 Å². The van der Waals surface area contributed by atoms with E-state index < -0.39 is 6.17 Å². The summed E-state index contributed by atoms with van der Waals surface area (Å²) in [6.45, 7) is 1.41. The minimum atomic E-state index is -1.13. The Balaban J connectivity index is 3.26. The second-order valence-corrected chi connectivity index (χ2v) is 2.70. The molecular weight excluding hydrogens is 171 g/mol. The minimum Gasteiger partial charge on any atom is -0.496 e. The van der Waals surface area contributed by atoms with E-state index in [2.05, 4.69) is 0 Å². The van der Waals surface area contributed by atoms with Gasteiger partial charge in [0.15, 0.2) is 6.29 Å². The molecule has 1 aromatic rings. The molecule has 0 N–H and O–H groups in total. The molecule has 0 aromatic heterocycles. The molecule has 1 aromatic carbocycles. The van der Waals surface area contributed by atoms with E-state index >= 15 is 0 Å². The fourth-order valence-corrected chi connectivity index (χ4v) is 1.22. The maximum Gasteiger partial charge on any atom is 0.153 e. The second kappa shape index (κ2) is 4.03. The van der Waals surface area contributed by atoms with Crippen molar-refractivity contribution >= 4 is 6.29 Å². The Morgan fingerprint density at radius 2 is 2.23 bits per heavy atom. The summed E-state index contributed by atoms with van der Waals surface area (Å²) in [4.78, 5) is 10.6. The van der Waals surface area contributed by atoms with E-state index in [0.29, 0.717) is 23.2 Å². The Kier molecular flexibility index (Phi) is 3.01. The number of hydrogen-bond acceptors (Lipinski definition) is 2. The molecule has 0 fully saturated rings. The van der Waals surface area contributed by atoms with Gasteiger partial charge in [-0.15, -0.1) is 0 Å². The number of carbonyl (C=O) groups is 1. The van der Waals surface area contributed by atoms with Gasteiger partial charge >= 0.3 is 0 Å². The second-order valence-electron chi connectivity index (χ2n) is 2.70. The van der Waals surface area contributed by atoms with E-state index in [4.69, 9.17) is 4.74 Å². The molecule has 1 rings (SSSR count). The first-order chi connectivity index (χ1) is 6.20. The van der Waals surface area contributed by atoms with Crippen LogP contribution in [-0.4, -0.2) is 13.4 Å². The van der Waals surface area contributed by atoms with Crippen LogP contribution in [0, 0.1) is 0 Å². The molecule has 0 saturated carbocycles. The summed E-state index contributed by atoms with van der Waals surface area (Å²) in [5, 5.41) is 0. The number of rotatable bonds is 3. The van der Waals surface area contributed by atoms with Gasteiger partial charge in [-0.05, 0) is 13.0 Å². The van der Waals surface area contributed by atoms with Gasteiger partial charge in [-0.2, -0.15) is 0 Å². The number of halogens is 1. The minimum absolute atomic E-state index is 0.326. The maximum atomic E-state index is 13.0. The van der Waals surface area contributed by atoms with Crippen molar-refractivity contribution in [3.8, 4) is 5.75 Å². The zero-order valence-electron chi connectivity index (χ0n) is 7.58. The number of methoxy groups -OCH3 is 1. The Morgan fingerprint density at radius 3 is 2.69 bits per heavy atom. The highest BCUT2D eigenvalue weighted by atomic mass is 19.1. The molecule has 1 atom stereocenters. The molecule has 3 heteroatoms. The molecule has 0 spiro atoms. The van der Waals surface area contributed by atoms with Crippen molar-refractivity contribution < 1.29 is 13.9 Å². The maximum absolute atomic E-state index is 13.0. The molecule has 0 radical (unpaired) electrons. The average Bonchev–Trinajstić information content (AvgIpc) is 2.16. The highest BCUT2D eigenvalue weighted by Gasteiger charge is 2.12. The highest BCUT2D eigenvalue weighted by Crippen LogP contribution is 2.29. The van der Waals surface area contributed by atoms with Crippen LogP contribution in [0.15, 0.2) is 18.2 Å². The van der Waals surface area contributed by atoms with Crippen LogP contribution in [0.4, 0.5) is 4.39 Å². The van der Waals surface area contributed by atoms with Gasteiger partial charge in [-0.25, -0.2) is 4.39 Å². The highest BCUT2D eigenvalue weighted by molar-refractivity contribution is 5.80. The van der Waals surface area contributed by atoms with E-state index in [0.717, 1.165) is 0 Å². The van der Waals surface area contributed by atoms with Crippen LogP contribution in [0.2, 0.25) is 0 Å². The first-order valence-corrected chi connectivity index (χ1v) is 3.97. The van der Waals surface area contributed by atoms with E-state index in [-0.39, 0.29) is 0 Å². The van der Waals surface area contributed by atoms with Gasteiger partial charge < -0.3 is 4.74 Å². The Bertz CT molecular complexity index is 308. The van der Waals surface area contributed by atoms with E-state index in [9.17, 15) is 9.18 Å². The predicted molar refractivity (Wildman–Crippen MR) is 47.9 cm³/mol. The van der Waals surface area contributed by atoms with Crippen LogP contribution in [0.25, 0.3) is 0 Å². The molecule has 2 nitrogen and oxygen atoms in total. The SMILES string of the molecule is COc1c(C=O)cccc1C(C)F. The van der Waals surface area contributed by atoms with Gasteiger partial charge in [0.25, 0.3) is 0 Å². The Morgan fingerprint density at radius 1 is 1.54 bits per heavy atom. The molecule has 0 aliphatic heterocycles. The lowest BCUT2D eigenvalue weighted by Crippen LogP contribution is -1.97. The lowest BCUT2D eigenvalue weighted by Gasteiger charge is -2.10. The van der Waals surface area contributed by atoms with Crippen LogP contribution >= 0.6 is 0 Å². The molecule has 70 valence electrons. The lowest BCUT2D eigenvalue weighted by atomic mass is 10.1. The van der Waals surface area contributed by atoms with Gasteiger partial charge in [0.1, 0.15) is 11.9 Å². The first kappa shape index (κ1) is 9.71. The quantitative estimate of drug-likeness (QED) is 0.671. The number of aldehydes is 1. The van der Waals surface area contributed by atoms with Gasteiger partial charge in [-0.1, -0.05) is 12.1 Å². The topological polar surface area (TPSA) is 26.3 Å². The van der Waals surface area contributed by atoms with Crippen LogP contribution < -0.4 is 4.74 Å². The molecule has 0 aliphatic carbocycles. The third kappa shape index (κ3) is 1.86. The van der Waals surface area contributed by atoms with Gasteiger partial charge in [0.2, 0.25) is 0 Å². The number of alkyl halides is 1. The predicted octanol–water partition coefficient (Wildman–Crippen LogP) is 2.54. The average molecular weight is 182 g/mol. The van der Waals surface area contributed by atoms with Crippen LogP contribution in [0.1, 0.15) is 29.0 Å². The first-order valence-electron chi connectivity index (χ1n) is 3.97. The normalized spacial score (nSPS) is 12.2. The van der Waals surface area contributed by atoms with Crippen molar-refractivity contribution in [3.05, 3.63) is 29.3 Å². The van der Waals surface area contributed by atoms with Crippen molar-refractivity contribution in [2.45, 2.75) is 13.1 Å². The van der Waals surface area contributed by atoms with Crippen LogP contribution in [0.5, 0.6) is 5.75 Å². The summed E-state index contributed by atoms with van der Waals surface area (Å²) in [5.41, 5.74) is 0.789. The van der Waals surface area contributed by atoms with E-state index in [1.165, 1.54) is 14.0 Å². The molecule has 0 heterocycles. The van der Waals surface area contributed by atoms with Crippen LogP contribution in [-0.2, 0) is 0 Å². The number of carbonyl (C=O) groups excluding carboxylic acids is 1. The largest absolute Gasteiger partial charge is 0.496 e. The number of ether oxygens (including phenoxy) is 1. The summed E-state index contributed by atoms with van der Waals surface area (Å²) in [7, 11) is 1.42. The zero-order chi connectivity index (χ0) is 9.84. The lowest BCUT2D eigenvalue weighted by molar-refractivity contribution is 0.112. The molecule has 0 saturated heterocycles. The van der Waals surface area contributed by atoms with E-state index in [1.54, 1.807) is 18.2 Å². The van der Waals surface area contributed by atoms with E-state index in [1.807, 2.05) is 0 Å². The molecular formula is C10H11FO2. The van der Waals surface area contributed by atoms with Gasteiger partial charge in [0, 0.05) is 5.56 Å². The summed E-state index contributed by atoms with van der Waals surface area (Å²) < 4.78 is 18.0. The fourth-order valence-electron chi connectivity index (χ4n) is 1.22. The van der Waals surface area contributed by atoms with Crippen molar-refractivity contribution in [1.82, 2.24) is 0 Å². The summed E-state index contributed by atoms with van der Waals surface area (Å²) in [6.07, 6.45) is -0.472. The molecule has 0 bridgehead atoms. The zero-order valence-corrected chi connectivity index (χ0v) is 7.58. The standard InChI is InChI=1S/C10H11FO2/c1-7(11)9-5-3-4-8(6-12)10(9)13-2/h3-7H,1-2H3. The summed E-state index contributed by atoms with van der Waals surface area (Å²) in [5.74, 6) is 0.326. The van der Waals surface area contributed by atoms with Crippen molar-refractivity contribution in [2.24, 2.45) is 0 Å². The van der Waals surface area contributed by atoms with Gasteiger partial charge in [0.05, 0.1) is 12.7 Å². The Labute approximate surface area is 76.3 Å². The number of benzene rings is 1. The molecule has 1 unspecified atom stereocenters. The van der Waals surface area contributed by atoms with Crippen molar-refractivity contribution in [1.29, 1.82) is 0 Å². The molecule has 0 amide bonds. The third-order valence-electron chi connectivity index (χ3n) is 1.84. The third-order valence-corrected chi connectivity index (χ3v) is 1.84. The van der Waals surface area contributed by atoms with Crippen LogP contribution in [0.3, 0.4) is 0 Å². The van der Waals surface area contributed by atoms with Crippen molar-refractivity contribution in [2.75, 3.05) is 7.11 Å². The molecule has 13 heavy (non-hydrogen) atoms. The number of hydrogen-bond donors (Lipinski definition) is 0. The fraction of sp³-hybridized carbons (Fsp3) is 0.300. The summed E-state index contributed by atoms with van der Waals surface area (Å²) >= 11 is 0. The Hall–Kier alpha value is -1.38. The molecule has 0 aliphatic rings. The number of para-hydroxylation sites is 1. The smallest absolute Gasteiger partial charge is 0.153 e. The monoisotopic (exact) mass is 182 g/mol. The van der Waals surface area contributed by atoms with Gasteiger partial charge in [-0.3, -0.25) is 4.79 Å².